The minimum Gasteiger partial charge on any atom is -0.357 e. The van der Waals surface area contributed by atoms with Crippen LogP contribution in [0.25, 0.3) is 4.96 Å². The van der Waals surface area contributed by atoms with Crippen LogP contribution in [0.3, 0.4) is 0 Å². The van der Waals surface area contributed by atoms with Gasteiger partial charge >= 0.3 is 0 Å². The van der Waals surface area contributed by atoms with Crippen molar-refractivity contribution in [3.63, 3.8) is 0 Å². The molecule has 0 saturated heterocycles. The van der Waals surface area contributed by atoms with Crippen molar-refractivity contribution in [3.8, 4) is 0 Å². The SMILES string of the molecule is C=CCCCN(C)C(=NCc1cn2ccsc2n1)NCC. The summed E-state index contributed by atoms with van der Waals surface area (Å²) in [4.78, 5) is 12.4. The summed E-state index contributed by atoms with van der Waals surface area (Å²) >= 11 is 1.64. The molecule has 2 aromatic heterocycles. The monoisotopic (exact) mass is 305 g/mol. The highest BCUT2D eigenvalue weighted by Crippen LogP contribution is 2.12. The van der Waals surface area contributed by atoms with E-state index in [-0.39, 0.29) is 0 Å². The number of thiazole rings is 1. The van der Waals surface area contributed by atoms with Crippen LogP contribution in [0.2, 0.25) is 0 Å². The van der Waals surface area contributed by atoms with Gasteiger partial charge < -0.3 is 10.2 Å². The van der Waals surface area contributed by atoms with Crippen molar-refractivity contribution in [3.05, 3.63) is 36.1 Å². The summed E-state index contributed by atoms with van der Waals surface area (Å²) in [6, 6.07) is 0. The third-order valence-corrected chi connectivity index (χ3v) is 3.90. The van der Waals surface area contributed by atoms with Gasteiger partial charge in [-0.3, -0.25) is 4.40 Å². The minimum atomic E-state index is 0.600. The molecule has 2 rings (SSSR count). The van der Waals surface area contributed by atoms with Crippen LogP contribution in [-0.4, -0.2) is 40.4 Å². The Labute approximate surface area is 130 Å². The zero-order valence-corrected chi connectivity index (χ0v) is 13.6. The molecule has 0 aliphatic heterocycles. The molecule has 0 saturated carbocycles. The molecule has 2 aromatic rings. The van der Waals surface area contributed by atoms with Crippen molar-refractivity contribution in [1.82, 2.24) is 19.6 Å². The Bertz CT molecular complexity index is 569. The van der Waals surface area contributed by atoms with Gasteiger partial charge in [0.2, 0.25) is 0 Å². The standard InChI is InChI=1S/C15H23N5S/c1-4-6-7-8-19(3)14(16-5-2)17-11-13-12-20-9-10-21-15(20)18-13/h4,9-10,12H,1,5-8,11H2,2-3H3,(H,16,17). The Balaban J connectivity index is 1.98. The number of imidazole rings is 1. The molecule has 0 aliphatic carbocycles. The van der Waals surface area contributed by atoms with Crippen molar-refractivity contribution in [2.24, 2.45) is 4.99 Å². The summed E-state index contributed by atoms with van der Waals surface area (Å²) in [6.45, 7) is 8.27. The van der Waals surface area contributed by atoms with Gasteiger partial charge in [0.05, 0.1) is 12.2 Å². The van der Waals surface area contributed by atoms with E-state index in [2.05, 4.69) is 40.7 Å². The van der Waals surface area contributed by atoms with Gasteiger partial charge in [-0.1, -0.05) is 6.08 Å². The lowest BCUT2D eigenvalue weighted by molar-refractivity contribution is 0.470. The van der Waals surface area contributed by atoms with Crippen molar-refractivity contribution in [2.75, 3.05) is 20.1 Å². The summed E-state index contributed by atoms with van der Waals surface area (Å²) in [5.41, 5.74) is 0.997. The Kier molecular flexibility index (Phi) is 5.80. The Morgan fingerprint density at radius 1 is 1.62 bits per heavy atom. The summed E-state index contributed by atoms with van der Waals surface area (Å²) in [6.07, 6.45) is 8.13. The van der Waals surface area contributed by atoms with Crippen molar-refractivity contribution in [2.45, 2.75) is 26.3 Å². The zero-order valence-electron chi connectivity index (χ0n) is 12.7. The maximum absolute atomic E-state index is 4.67. The molecule has 0 fully saturated rings. The molecule has 2 heterocycles. The number of hydrogen-bond donors (Lipinski definition) is 1. The average Bonchev–Trinajstić information content (AvgIpc) is 3.04. The number of fused-ring (bicyclic) bond motifs is 1. The number of hydrogen-bond acceptors (Lipinski definition) is 3. The van der Waals surface area contributed by atoms with Crippen LogP contribution in [0.15, 0.2) is 35.4 Å². The number of rotatable bonds is 7. The maximum atomic E-state index is 4.67. The molecule has 0 bridgehead atoms. The third kappa shape index (κ3) is 4.32. The molecular formula is C15H23N5S. The van der Waals surface area contributed by atoms with Crippen LogP contribution in [-0.2, 0) is 6.54 Å². The minimum absolute atomic E-state index is 0.600. The first-order valence-electron chi connectivity index (χ1n) is 7.26. The molecule has 114 valence electrons. The van der Waals surface area contributed by atoms with Gasteiger partial charge in [-0.05, 0) is 19.8 Å². The Morgan fingerprint density at radius 2 is 2.48 bits per heavy atom. The number of aromatic nitrogens is 2. The molecule has 0 radical (unpaired) electrons. The molecule has 5 nitrogen and oxygen atoms in total. The van der Waals surface area contributed by atoms with Crippen LogP contribution in [0.5, 0.6) is 0 Å². The first kappa shape index (κ1) is 15.6. The van der Waals surface area contributed by atoms with Crippen molar-refractivity contribution in [1.29, 1.82) is 0 Å². The maximum Gasteiger partial charge on any atom is 0.194 e. The summed E-state index contributed by atoms with van der Waals surface area (Å²) in [5, 5.41) is 5.36. The van der Waals surface area contributed by atoms with Crippen molar-refractivity contribution >= 4 is 22.3 Å². The second-order valence-corrected chi connectivity index (χ2v) is 5.72. The molecule has 0 unspecified atom stereocenters. The molecule has 6 heteroatoms. The normalized spacial score (nSPS) is 11.8. The molecule has 0 atom stereocenters. The predicted molar refractivity (Wildman–Crippen MR) is 89.9 cm³/mol. The molecule has 1 N–H and O–H groups in total. The van der Waals surface area contributed by atoms with Gasteiger partial charge in [-0.25, -0.2) is 9.98 Å². The largest absolute Gasteiger partial charge is 0.357 e. The van der Waals surface area contributed by atoms with Crippen LogP contribution in [0.4, 0.5) is 0 Å². The van der Waals surface area contributed by atoms with Gasteiger partial charge in [0.1, 0.15) is 0 Å². The van der Waals surface area contributed by atoms with Crippen LogP contribution >= 0.6 is 11.3 Å². The molecule has 0 aliphatic rings. The number of allylic oxidation sites excluding steroid dienone is 1. The summed E-state index contributed by atoms with van der Waals surface area (Å²) in [7, 11) is 2.07. The van der Waals surface area contributed by atoms with Gasteiger partial charge in [-0.15, -0.1) is 17.9 Å². The second kappa shape index (κ2) is 7.83. The number of nitrogens with one attached hydrogen (secondary N) is 1. The highest BCUT2D eigenvalue weighted by molar-refractivity contribution is 7.15. The van der Waals surface area contributed by atoms with Gasteiger partial charge in [0, 0.05) is 37.9 Å². The first-order valence-corrected chi connectivity index (χ1v) is 8.14. The van der Waals surface area contributed by atoms with Crippen LogP contribution in [0.1, 0.15) is 25.5 Å². The number of unbranched alkanes of at least 4 members (excludes halogenated alkanes) is 1. The third-order valence-electron chi connectivity index (χ3n) is 3.13. The van der Waals surface area contributed by atoms with E-state index in [0.29, 0.717) is 6.54 Å². The smallest absolute Gasteiger partial charge is 0.194 e. The fourth-order valence-corrected chi connectivity index (χ4v) is 2.78. The molecule has 21 heavy (non-hydrogen) atoms. The average molecular weight is 305 g/mol. The fourth-order valence-electron chi connectivity index (χ4n) is 2.06. The van der Waals surface area contributed by atoms with E-state index in [1.807, 2.05) is 28.3 Å². The molecule has 0 spiro atoms. The first-order chi connectivity index (χ1) is 10.2. The number of nitrogens with zero attached hydrogens (tertiary/aromatic N) is 4. The lowest BCUT2D eigenvalue weighted by Gasteiger charge is -2.21. The van der Waals surface area contributed by atoms with Gasteiger partial charge in [0.25, 0.3) is 0 Å². The fraction of sp³-hybridized carbons (Fsp3) is 0.467. The van der Waals surface area contributed by atoms with Crippen molar-refractivity contribution < 1.29 is 0 Å². The van der Waals surface area contributed by atoms with E-state index in [0.717, 1.165) is 42.5 Å². The number of guanidine groups is 1. The topological polar surface area (TPSA) is 44.9 Å². The molecule has 0 aromatic carbocycles. The quantitative estimate of drug-likeness (QED) is 0.370. The number of aliphatic imine (C=N–C) groups is 1. The van der Waals surface area contributed by atoms with Gasteiger partial charge in [-0.2, -0.15) is 0 Å². The highest BCUT2D eigenvalue weighted by atomic mass is 32.1. The second-order valence-electron chi connectivity index (χ2n) is 4.85. The van der Waals surface area contributed by atoms with E-state index in [1.165, 1.54) is 0 Å². The highest BCUT2D eigenvalue weighted by Gasteiger charge is 2.06. The van der Waals surface area contributed by atoms with E-state index in [4.69, 9.17) is 0 Å². The van der Waals surface area contributed by atoms with E-state index < -0.39 is 0 Å². The lowest BCUT2D eigenvalue weighted by Crippen LogP contribution is -2.39. The van der Waals surface area contributed by atoms with Crippen LogP contribution in [0, 0.1) is 0 Å². The molecule has 0 amide bonds. The van der Waals surface area contributed by atoms with Gasteiger partial charge in [0.15, 0.2) is 10.9 Å². The summed E-state index contributed by atoms with van der Waals surface area (Å²) in [5.74, 6) is 0.929. The Hall–Kier alpha value is -1.82. The predicted octanol–water partition coefficient (Wildman–Crippen LogP) is 2.76. The van der Waals surface area contributed by atoms with E-state index in [1.54, 1.807) is 11.3 Å². The lowest BCUT2D eigenvalue weighted by atomic mass is 10.3. The van der Waals surface area contributed by atoms with Crippen LogP contribution < -0.4 is 5.32 Å². The summed E-state index contributed by atoms with van der Waals surface area (Å²) < 4.78 is 2.04. The zero-order chi connectivity index (χ0) is 15.1. The van der Waals surface area contributed by atoms with E-state index in [9.17, 15) is 0 Å². The molecular weight excluding hydrogens is 282 g/mol. The Morgan fingerprint density at radius 3 is 3.19 bits per heavy atom. The van der Waals surface area contributed by atoms with E-state index >= 15 is 0 Å².